The van der Waals surface area contributed by atoms with E-state index in [0.29, 0.717) is 6.54 Å². The fraction of sp³-hybridized carbons (Fsp3) is 0.125. The molecule has 2 heteroatoms. The molecule has 0 aromatic heterocycles. The van der Waals surface area contributed by atoms with Crippen LogP contribution in [0.15, 0.2) is 24.3 Å². The molecule has 1 rings (SSSR count). The lowest BCUT2D eigenvalue weighted by atomic mass is 10.2. The maximum absolute atomic E-state index is 5.70. The van der Waals surface area contributed by atoms with Gasteiger partial charge in [-0.25, -0.2) is 0 Å². The highest BCUT2D eigenvalue weighted by atomic mass is 35.5. The maximum atomic E-state index is 5.70. The van der Waals surface area contributed by atoms with E-state index in [1.165, 1.54) is 0 Å². The van der Waals surface area contributed by atoms with Crippen molar-refractivity contribution < 1.29 is 0 Å². The summed E-state index contributed by atoms with van der Waals surface area (Å²) in [6, 6.07) is 7.48. The van der Waals surface area contributed by atoms with Gasteiger partial charge in [-0.05, 0) is 12.1 Å². The van der Waals surface area contributed by atoms with Gasteiger partial charge in [0.1, 0.15) is 0 Å². The van der Waals surface area contributed by atoms with Crippen LogP contribution in [0.5, 0.6) is 0 Å². The highest BCUT2D eigenvalue weighted by molar-refractivity contribution is 6.30. The summed E-state index contributed by atoms with van der Waals surface area (Å²) in [5.74, 6) is 0. The Bertz CT molecular complexity index is 262. The summed E-state index contributed by atoms with van der Waals surface area (Å²) in [7, 11) is 0. The highest BCUT2D eigenvalue weighted by Crippen LogP contribution is 2.10. The molecular weight excluding hydrogens is 146 g/mol. The fourth-order valence-corrected chi connectivity index (χ4v) is 0.954. The molecule has 0 fully saturated rings. The van der Waals surface area contributed by atoms with E-state index < -0.39 is 0 Å². The molecule has 0 N–H and O–H groups in total. The van der Waals surface area contributed by atoms with Crippen molar-refractivity contribution in [2.24, 2.45) is 0 Å². The van der Waals surface area contributed by atoms with Gasteiger partial charge < -0.3 is 0 Å². The topological polar surface area (TPSA) is 4.36 Å². The molecular formula is C8H7ClN+. The largest absolute Gasteiger partial charge is 0.288 e. The molecule has 0 saturated heterocycles. The van der Waals surface area contributed by atoms with Gasteiger partial charge in [0.05, 0.1) is 0 Å². The predicted octanol–water partition coefficient (Wildman–Crippen LogP) is 2.80. The predicted molar refractivity (Wildman–Crippen MR) is 43.5 cm³/mol. The Morgan fingerprint density at radius 3 is 2.90 bits per heavy atom. The van der Waals surface area contributed by atoms with Crippen LogP contribution < -0.4 is 0 Å². The smallest absolute Gasteiger partial charge is 0.0843 e. The molecule has 0 aliphatic rings. The first-order valence-electron chi connectivity index (χ1n) is 2.94. The quantitative estimate of drug-likeness (QED) is 0.583. The van der Waals surface area contributed by atoms with Crippen LogP contribution in [0.3, 0.4) is 0 Å². The lowest BCUT2D eigenvalue weighted by Gasteiger charge is -1.88. The lowest BCUT2D eigenvalue weighted by molar-refractivity contribution is 1.27. The third-order valence-corrected chi connectivity index (χ3v) is 1.40. The molecule has 0 amide bonds. The normalized spacial score (nSPS) is 8.80. The zero-order chi connectivity index (χ0) is 7.40. The van der Waals surface area contributed by atoms with Gasteiger partial charge in [0.25, 0.3) is 13.1 Å². The molecule has 1 nitrogen and oxygen atoms in total. The summed E-state index contributed by atoms with van der Waals surface area (Å²) < 4.78 is 0. The van der Waals surface area contributed by atoms with Crippen molar-refractivity contribution in [3.05, 3.63) is 39.7 Å². The first-order chi connectivity index (χ1) is 4.83. The summed E-state index contributed by atoms with van der Waals surface area (Å²) >= 11 is 5.70. The number of nitrogens with zero attached hydrogens (tertiary/aromatic N) is 1. The van der Waals surface area contributed by atoms with E-state index in [4.69, 9.17) is 18.2 Å². The molecule has 0 atom stereocenters. The molecule has 1 aromatic rings. The Kier molecular flexibility index (Phi) is 2.30. The second-order valence-electron chi connectivity index (χ2n) is 1.97. The Morgan fingerprint density at radius 2 is 2.30 bits per heavy atom. The number of rotatable bonds is 1. The van der Waals surface area contributed by atoms with Crippen LogP contribution in [-0.2, 0) is 6.54 Å². The van der Waals surface area contributed by atoms with Crippen LogP contribution in [0.25, 0.3) is 4.85 Å². The molecule has 10 heavy (non-hydrogen) atoms. The lowest BCUT2D eigenvalue weighted by Crippen LogP contribution is -1.76. The molecule has 0 aliphatic heterocycles. The van der Waals surface area contributed by atoms with Gasteiger partial charge in [-0.15, -0.1) is 0 Å². The van der Waals surface area contributed by atoms with Crippen molar-refractivity contribution >= 4 is 11.6 Å². The SMILES string of the molecule is C#[N+]Cc1cccc(Cl)c1. The van der Waals surface area contributed by atoms with Gasteiger partial charge in [0.2, 0.25) is 0 Å². The monoisotopic (exact) mass is 152 g/mol. The molecule has 0 bridgehead atoms. The van der Waals surface area contributed by atoms with E-state index in [0.717, 1.165) is 10.6 Å². The van der Waals surface area contributed by atoms with Crippen LogP contribution in [-0.4, -0.2) is 0 Å². The maximum Gasteiger partial charge on any atom is 0.288 e. The molecule has 1 aromatic carbocycles. The van der Waals surface area contributed by atoms with Crippen molar-refractivity contribution in [1.29, 1.82) is 0 Å². The third-order valence-electron chi connectivity index (χ3n) is 1.16. The second-order valence-corrected chi connectivity index (χ2v) is 2.41. The van der Waals surface area contributed by atoms with Crippen LogP contribution >= 0.6 is 11.6 Å². The van der Waals surface area contributed by atoms with E-state index in [-0.39, 0.29) is 0 Å². The summed E-state index contributed by atoms with van der Waals surface area (Å²) in [6.07, 6.45) is 0. The van der Waals surface area contributed by atoms with Gasteiger partial charge in [-0.3, -0.25) is 0 Å². The average molecular weight is 153 g/mol. The molecule has 0 aliphatic carbocycles. The van der Waals surface area contributed by atoms with E-state index >= 15 is 0 Å². The fourth-order valence-electron chi connectivity index (χ4n) is 0.741. The van der Waals surface area contributed by atoms with Crippen LogP contribution in [0, 0.1) is 6.57 Å². The molecule has 0 spiro atoms. The molecule has 0 unspecified atom stereocenters. The van der Waals surface area contributed by atoms with Crippen molar-refractivity contribution in [2.75, 3.05) is 0 Å². The molecule has 0 radical (unpaired) electrons. The van der Waals surface area contributed by atoms with Crippen LogP contribution in [0.2, 0.25) is 5.02 Å². The van der Waals surface area contributed by atoms with Gasteiger partial charge in [0, 0.05) is 10.6 Å². The minimum atomic E-state index is 0.528. The second kappa shape index (κ2) is 3.24. The Labute approximate surface area is 65.1 Å². The van der Waals surface area contributed by atoms with Gasteiger partial charge in [-0.2, -0.15) is 0 Å². The van der Waals surface area contributed by atoms with Crippen molar-refractivity contribution in [3.63, 3.8) is 0 Å². The van der Waals surface area contributed by atoms with E-state index in [1.54, 1.807) is 0 Å². The number of hydrogen-bond donors (Lipinski definition) is 0. The van der Waals surface area contributed by atoms with Gasteiger partial charge in [-0.1, -0.05) is 28.6 Å². The van der Waals surface area contributed by atoms with Crippen molar-refractivity contribution in [2.45, 2.75) is 6.54 Å². The van der Waals surface area contributed by atoms with E-state index in [1.807, 2.05) is 24.3 Å². The first-order valence-corrected chi connectivity index (χ1v) is 3.32. The molecule has 50 valence electrons. The Morgan fingerprint density at radius 1 is 1.50 bits per heavy atom. The van der Waals surface area contributed by atoms with Crippen LogP contribution in [0.1, 0.15) is 5.56 Å². The minimum absolute atomic E-state index is 0.528. The standard InChI is InChI=1S/C8H7ClN/c1-10-6-7-3-2-4-8(9)5-7/h1-5H,6H2/q+1. The summed E-state index contributed by atoms with van der Waals surface area (Å²) in [4.78, 5) is 3.49. The molecule has 0 saturated carbocycles. The number of halogens is 1. The zero-order valence-electron chi connectivity index (χ0n) is 5.42. The van der Waals surface area contributed by atoms with Gasteiger partial charge >= 0.3 is 0 Å². The first kappa shape index (κ1) is 7.11. The highest BCUT2D eigenvalue weighted by Gasteiger charge is 1.95. The summed E-state index contributed by atoms with van der Waals surface area (Å²) in [6.45, 7) is 5.52. The Balaban J connectivity index is 2.87. The number of benzene rings is 1. The average Bonchev–Trinajstić information content (AvgIpc) is 1.88. The molecule has 0 heterocycles. The van der Waals surface area contributed by atoms with Crippen molar-refractivity contribution in [3.8, 4) is 6.57 Å². The minimum Gasteiger partial charge on any atom is -0.0843 e. The van der Waals surface area contributed by atoms with Crippen LogP contribution in [0.4, 0.5) is 0 Å². The van der Waals surface area contributed by atoms with E-state index in [9.17, 15) is 0 Å². The summed E-state index contributed by atoms with van der Waals surface area (Å²) in [5.41, 5.74) is 1.04. The van der Waals surface area contributed by atoms with E-state index in [2.05, 4.69) is 4.85 Å². The van der Waals surface area contributed by atoms with Gasteiger partial charge in [0.15, 0.2) is 0 Å². The third kappa shape index (κ3) is 1.75. The number of hydrogen-bond acceptors (Lipinski definition) is 0. The summed E-state index contributed by atoms with van der Waals surface area (Å²) in [5, 5.41) is 0.723. The Hall–Kier alpha value is -1.00. The zero-order valence-corrected chi connectivity index (χ0v) is 6.17. The van der Waals surface area contributed by atoms with Crippen molar-refractivity contribution in [1.82, 2.24) is 0 Å².